The SMILES string of the molecule is CC(Nc1nc(Cl)nc(Cl)n1)c1nn[nH]n1. The second-order valence-electron chi connectivity index (χ2n) is 2.83. The minimum Gasteiger partial charge on any atom is -0.344 e. The average molecular weight is 261 g/mol. The maximum Gasteiger partial charge on any atom is 0.228 e. The van der Waals surface area contributed by atoms with Gasteiger partial charge in [0, 0.05) is 0 Å². The minimum atomic E-state index is -0.228. The van der Waals surface area contributed by atoms with Crippen LogP contribution in [0, 0.1) is 0 Å². The summed E-state index contributed by atoms with van der Waals surface area (Å²) in [6.07, 6.45) is 0. The second kappa shape index (κ2) is 4.54. The van der Waals surface area contributed by atoms with Crippen LogP contribution < -0.4 is 5.32 Å². The smallest absolute Gasteiger partial charge is 0.228 e. The van der Waals surface area contributed by atoms with Gasteiger partial charge >= 0.3 is 0 Å². The third-order valence-electron chi connectivity index (χ3n) is 1.68. The molecule has 0 saturated carbocycles. The van der Waals surface area contributed by atoms with Crippen molar-refractivity contribution in [3.05, 3.63) is 16.4 Å². The molecule has 0 spiro atoms. The van der Waals surface area contributed by atoms with Crippen LogP contribution in [0.1, 0.15) is 18.8 Å². The summed E-state index contributed by atoms with van der Waals surface area (Å²) in [5.41, 5.74) is 0. The zero-order chi connectivity index (χ0) is 11.5. The molecule has 2 rings (SSSR count). The van der Waals surface area contributed by atoms with E-state index >= 15 is 0 Å². The van der Waals surface area contributed by atoms with Gasteiger partial charge in [-0.1, -0.05) is 5.21 Å². The fraction of sp³-hybridized carbons (Fsp3) is 0.333. The van der Waals surface area contributed by atoms with Crippen molar-refractivity contribution < 1.29 is 0 Å². The standard InChI is InChI=1S/C6H6Cl2N8/c1-2(3-13-15-16-14-3)9-6-11-4(7)10-5(8)12-6/h2H,1H3,(H,9,10,11,12)(H,13,14,15,16). The van der Waals surface area contributed by atoms with Crippen LogP contribution >= 0.6 is 23.2 Å². The molecule has 1 unspecified atom stereocenters. The molecule has 2 N–H and O–H groups in total. The molecule has 0 aliphatic heterocycles. The summed E-state index contributed by atoms with van der Waals surface area (Å²) in [5, 5.41) is 16.3. The van der Waals surface area contributed by atoms with E-state index in [9.17, 15) is 0 Å². The lowest BCUT2D eigenvalue weighted by Crippen LogP contribution is -2.11. The molecule has 0 aromatic carbocycles. The van der Waals surface area contributed by atoms with Gasteiger partial charge in [-0.25, -0.2) is 0 Å². The van der Waals surface area contributed by atoms with Crippen molar-refractivity contribution in [2.75, 3.05) is 5.32 Å². The molecule has 0 amide bonds. The Bertz CT molecular complexity index is 451. The first kappa shape index (κ1) is 11.0. The summed E-state index contributed by atoms with van der Waals surface area (Å²) in [6, 6.07) is -0.228. The van der Waals surface area contributed by atoms with E-state index in [2.05, 4.69) is 40.9 Å². The molecule has 2 aromatic rings. The predicted molar refractivity (Wildman–Crippen MR) is 56.1 cm³/mol. The normalized spacial score (nSPS) is 12.4. The van der Waals surface area contributed by atoms with Crippen molar-refractivity contribution in [1.29, 1.82) is 0 Å². The zero-order valence-electron chi connectivity index (χ0n) is 8.02. The molecule has 0 radical (unpaired) electrons. The van der Waals surface area contributed by atoms with Crippen molar-refractivity contribution in [1.82, 2.24) is 35.6 Å². The third kappa shape index (κ3) is 2.52. The van der Waals surface area contributed by atoms with Crippen LogP contribution in [0.25, 0.3) is 0 Å². The highest BCUT2D eigenvalue weighted by Gasteiger charge is 2.12. The van der Waals surface area contributed by atoms with Crippen LogP contribution in [0.15, 0.2) is 0 Å². The van der Waals surface area contributed by atoms with Gasteiger partial charge < -0.3 is 5.32 Å². The van der Waals surface area contributed by atoms with Crippen molar-refractivity contribution >= 4 is 29.2 Å². The lowest BCUT2D eigenvalue weighted by atomic mass is 10.3. The number of aromatic amines is 1. The second-order valence-corrected chi connectivity index (χ2v) is 3.51. The third-order valence-corrected chi connectivity index (χ3v) is 2.01. The number of aromatic nitrogens is 7. The van der Waals surface area contributed by atoms with Crippen LogP contribution in [-0.4, -0.2) is 35.6 Å². The molecule has 0 saturated heterocycles. The molecule has 10 heteroatoms. The van der Waals surface area contributed by atoms with Gasteiger partial charge in [0.25, 0.3) is 0 Å². The van der Waals surface area contributed by atoms with Gasteiger partial charge in [0.1, 0.15) is 0 Å². The molecule has 0 aliphatic rings. The van der Waals surface area contributed by atoms with E-state index in [1.807, 2.05) is 6.92 Å². The first-order valence-electron chi connectivity index (χ1n) is 4.22. The van der Waals surface area contributed by atoms with E-state index in [0.29, 0.717) is 5.82 Å². The quantitative estimate of drug-likeness (QED) is 0.844. The monoisotopic (exact) mass is 260 g/mol. The van der Waals surface area contributed by atoms with Crippen molar-refractivity contribution in [2.45, 2.75) is 13.0 Å². The molecule has 0 aliphatic carbocycles. The molecule has 8 nitrogen and oxygen atoms in total. The van der Waals surface area contributed by atoms with E-state index in [1.165, 1.54) is 0 Å². The van der Waals surface area contributed by atoms with E-state index in [4.69, 9.17) is 23.2 Å². The Hall–Kier alpha value is -1.54. The van der Waals surface area contributed by atoms with Gasteiger partial charge in [0.15, 0.2) is 5.82 Å². The molecular formula is C6H6Cl2N8. The zero-order valence-corrected chi connectivity index (χ0v) is 9.53. The van der Waals surface area contributed by atoms with Gasteiger partial charge in [-0.05, 0) is 30.1 Å². The van der Waals surface area contributed by atoms with Crippen molar-refractivity contribution in [3.8, 4) is 0 Å². The highest BCUT2D eigenvalue weighted by molar-refractivity contribution is 6.31. The molecule has 84 valence electrons. The van der Waals surface area contributed by atoms with Crippen LogP contribution in [0.5, 0.6) is 0 Å². The fourth-order valence-corrected chi connectivity index (χ4v) is 1.37. The Morgan fingerprint density at radius 2 is 1.88 bits per heavy atom. The molecule has 1 atom stereocenters. The molecule has 0 bridgehead atoms. The van der Waals surface area contributed by atoms with Gasteiger partial charge in [0.2, 0.25) is 16.5 Å². The number of hydrogen-bond donors (Lipinski definition) is 2. The number of H-pyrrole nitrogens is 1. The molecule has 2 aromatic heterocycles. The average Bonchev–Trinajstić information content (AvgIpc) is 2.68. The summed E-state index contributed by atoms with van der Waals surface area (Å²) in [5.74, 6) is 0.731. The van der Waals surface area contributed by atoms with Gasteiger partial charge in [-0.3, -0.25) is 0 Å². The Morgan fingerprint density at radius 3 is 2.44 bits per heavy atom. The minimum absolute atomic E-state index is 0.0165. The highest BCUT2D eigenvalue weighted by atomic mass is 35.5. The van der Waals surface area contributed by atoms with Crippen LogP contribution in [-0.2, 0) is 0 Å². The topological polar surface area (TPSA) is 105 Å². The lowest BCUT2D eigenvalue weighted by molar-refractivity contribution is 0.778. The van der Waals surface area contributed by atoms with Crippen molar-refractivity contribution in [3.63, 3.8) is 0 Å². The number of hydrogen-bond acceptors (Lipinski definition) is 7. The van der Waals surface area contributed by atoms with Gasteiger partial charge in [-0.2, -0.15) is 20.2 Å². The van der Waals surface area contributed by atoms with Crippen LogP contribution in [0.4, 0.5) is 5.95 Å². The summed E-state index contributed by atoms with van der Waals surface area (Å²) < 4.78 is 0. The predicted octanol–water partition coefficient (Wildman–Crippen LogP) is 0.865. The van der Waals surface area contributed by atoms with Crippen molar-refractivity contribution in [2.24, 2.45) is 0 Å². The molecule has 0 fully saturated rings. The maximum atomic E-state index is 5.62. The largest absolute Gasteiger partial charge is 0.344 e. The number of rotatable bonds is 3. The first-order valence-corrected chi connectivity index (χ1v) is 4.97. The Labute approximate surface area is 99.8 Å². The molecular weight excluding hydrogens is 255 g/mol. The summed E-state index contributed by atoms with van der Waals surface area (Å²) in [4.78, 5) is 11.3. The number of tetrazole rings is 1. The molecule has 16 heavy (non-hydrogen) atoms. The fourth-order valence-electron chi connectivity index (χ4n) is 1.00. The number of nitrogens with zero attached hydrogens (tertiary/aromatic N) is 6. The highest BCUT2D eigenvalue weighted by Crippen LogP contribution is 2.14. The Morgan fingerprint density at radius 1 is 1.19 bits per heavy atom. The van der Waals surface area contributed by atoms with Crippen LogP contribution in [0.2, 0.25) is 10.6 Å². The number of anilines is 1. The van der Waals surface area contributed by atoms with E-state index in [-0.39, 0.29) is 22.6 Å². The Kier molecular flexibility index (Phi) is 3.11. The summed E-state index contributed by atoms with van der Waals surface area (Å²) in [6.45, 7) is 1.82. The summed E-state index contributed by atoms with van der Waals surface area (Å²) in [7, 11) is 0. The van der Waals surface area contributed by atoms with Gasteiger partial charge in [0.05, 0.1) is 6.04 Å². The lowest BCUT2D eigenvalue weighted by Gasteiger charge is -2.09. The van der Waals surface area contributed by atoms with E-state index in [0.717, 1.165) is 0 Å². The maximum absolute atomic E-state index is 5.62. The number of halogens is 2. The summed E-state index contributed by atoms with van der Waals surface area (Å²) >= 11 is 11.2. The number of nitrogens with one attached hydrogen (secondary N) is 2. The molecule has 2 heterocycles. The first-order chi connectivity index (χ1) is 7.65. The van der Waals surface area contributed by atoms with E-state index in [1.54, 1.807) is 0 Å². The van der Waals surface area contributed by atoms with E-state index < -0.39 is 0 Å². The Balaban J connectivity index is 2.15. The van der Waals surface area contributed by atoms with Crippen LogP contribution in [0.3, 0.4) is 0 Å². The van der Waals surface area contributed by atoms with Gasteiger partial charge in [-0.15, -0.1) is 10.2 Å².